The molecular formula is C23H27N3O4S. The molecule has 0 radical (unpaired) electrons. The van der Waals surface area contributed by atoms with Gasteiger partial charge in [0.2, 0.25) is 14.9 Å². The van der Waals surface area contributed by atoms with Gasteiger partial charge in [-0.2, -0.15) is 0 Å². The van der Waals surface area contributed by atoms with E-state index in [4.69, 9.17) is 9.47 Å². The molecular weight excluding hydrogens is 414 g/mol. The quantitative estimate of drug-likeness (QED) is 0.565. The highest BCUT2D eigenvalue weighted by atomic mass is 32.2. The molecule has 0 amide bonds. The zero-order valence-corrected chi connectivity index (χ0v) is 19.4. The Balaban J connectivity index is 2.11. The lowest BCUT2D eigenvalue weighted by atomic mass is 9.87. The zero-order valence-electron chi connectivity index (χ0n) is 18.6. The third kappa shape index (κ3) is 4.07. The molecule has 0 atom stereocenters. The molecule has 0 aliphatic heterocycles. The highest BCUT2D eigenvalue weighted by Gasteiger charge is 2.27. The number of nitrogens with zero attached hydrogens (tertiary/aromatic N) is 3. The van der Waals surface area contributed by atoms with Crippen LogP contribution in [-0.4, -0.2) is 37.6 Å². The third-order valence-electron chi connectivity index (χ3n) is 5.12. The lowest BCUT2D eigenvalue weighted by molar-refractivity contribution is 0.399. The van der Waals surface area contributed by atoms with Crippen LogP contribution >= 0.6 is 0 Å². The fourth-order valence-corrected chi connectivity index (χ4v) is 4.61. The summed E-state index contributed by atoms with van der Waals surface area (Å²) in [6, 6.07) is 10.3. The van der Waals surface area contributed by atoms with Crippen LogP contribution in [0.4, 0.5) is 0 Å². The second-order valence-electron chi connectivity index (χ2n) is 8.14. The first-order valence-corrected chi connectivity index (χ1v) is 11.2. The molecule has 0 spiro atoms. The average molecular weight is 442 g/mol. The molecule has 0 bridgehead atoms. The molecule has 0 aliphatic rings. The number of rotatable bonds is 6. The standard InChI is InChI=1S/C23H27N3O4S/c1-8-16-13-21(30-7)19(14-20(16)29-6)26-15(2)22(24-25-26)31(27,28)18-11-9-17(10-12-18)23(3,4)5/h8-14H,1H2,2-7H3. The first-order chi connectivity index (χ1) is 14.5. The van der Waals surface area contributed by atoms with E-state index in [1.165, 1.54) is 11.8 Å². The minimum absolute atomic E-state index is 0.0748. The SMILES string of the molecule is C=Cc1cc(OC)c(-n2nnc(S(=O)(=O)c3ccc(C(C)(C)C)cc3)c2C)cc1OC. The second kappa shape index (κ2) is 8.19. The van der Waals surface area contributed by atoms with E-state index in [0.29, 0.717) is 22.9 Å². The summed E-state index contributed by atoms with van der Waals surface area (Å²) in [6.45, 7) is 11.7. The molecule has 8 heteroatoms. The summed E-state index contributed by atoms with van der Waals surface area (Å²) >= 11 is 0. The summed E-state index contributed by atoms with van der Waals surface area (Å²) in [6.07, 6.45) is 1.65. The maximum atomic E-state index is 13.3. The molecule has 164 valence electrons. The summed E-state index contributed by atoms with van der Waals surface area (Å²) < 4.78 is 38.8. The number of aromatic nitrogens is 3. The smallest absolute Gasteiger partial charge is 0.227 e. The van der Waals surface area contributed by atoms with Gasteiger partial charge in [0.05, 0.1) is 24.8 Å². The predicted octanol–water partition coefficient (Wildman–Crippen LogP) is 4.37. The monoisotopic (exact) mass is 441 g/mol. The normalized spacial score (nSPS) is 11.9. The van der Waals surface area contributed by atoms with Gasteiger partial charge in [-0.3, -0.25) is 0 Å². The highest BCUT2D eigenvalue weighted by molar-refractivity contribution is 7.91. The van der Waals surface area contributed by atoms with E-state index in [0.717, 1.165) is 11.1 Å². The molecule has 0 aliphatic carbocycles. The zero-order chi connectivity index (χ0) is 23.0. The van der Waals surface area contributed by atoms with Gasteiger partial charge in [-0.15, -0.1) is 5.10 Å². The molecule has 7 nitrogen and oxygen atoms in total. The van der Waals surface area contributed by atoms with Gasteiger partial charge in [-0.1, -0.05) is 50.8 Å². The molecule has 0 unspecified atom stereocenters. The van der Waals surface area contributed by atoms with Crippen molar-refractivity contribution in [1.29, 1.82) is 0 Å². The lowest BCUT2D eigenvalue weighted by Gasteiger charge is -2.19. The maximum absolute atomic E-state index is 13.3. The van der Waals surface area contributed by atoms with Crippen LogP contribution in [0.15, 0.2) is 52.9 Å². The topological polar surface area (TPSA) is 83.3 Å². The Kier molecular flexibility index (Phi) is 5.96. The van der Waals surface area contributed by atoms with E-state index < -0.39 is 9.84 Å². The van der Waals surface area contributed by atoms with E-state index in [-0.39, 0.29) is 15.3 Å². The van der Waals surface area contributed by atoms with Crippen LogP contribution in [0.2, 0.25) is 0 Å². The van der Waals surface area contributed by atoms with Crippen LogP contribution in [0.25, 0.3) is 11.8 Å². The second-order valence-corrected chi connectivity index (χ2v) is 10.0. The minimum Gasteiger partial charge on any atom is -0.496 e. The maximum Gasteiger partial charge on any atom is 0.227 e. The van der Waals surface area contributed by atoms with Crippen LogP contribution in [-0.2, 0) is 15.3 Å². The van der Waals surface area contributed by atoms with Crippen LogP contribution in [0.3, 0.4) is 0 Å². The van der Waals surface area contributed by atoms with Crippen molar-refractivity contribution in [2.75, 3.05) is 14.2 Å². The van der Waals surface area contributed by atoms with Crippen molar-refractivity contribution >= 4 is 15.9 Å². The fraction of sp³-hybridized carbons (Fsp3) is 0.304. The number of benzene rings is 2. The first-order valence-electron chi connectivity index (χ1n) is 9.71. The Morgan fingerprint density at radius 1 is 1.03 bits per heavy atom. The number of methoxy groups -OCH3 is 2. The first kappa shape index (κ1) is 22.6. The van der Waals surface area contributed by atoms with Crippen molar-refractivity contribution in [3.63, 3.8) is 0 Å². The Morgan fingerprint density at radius 2 is 1.65 bits per heavy atom. The molecule has 0 saturated carbocycles. The Hall–Kier alpha value is -3.13. The fourth-order valence-electron chi connectivity index (χ4n) is 3.27. The predicted molar refractivity (Wildman–Crippen MR) is 120 cm³/mol. The number of hydrogen-bond acceptors (Lipinski definition) is 6. The number of sulfone groups is 1. The lowest BCUT2D eigenvalue weighted by Crippen LogP contribution is -2.12. The van der Waals surface area contributed by atoms with Crippen LogP contribution in [0.1, 0.15) is 37.6 Å². The van der Waals surface area contributed by atoms with Crippen LogP contribution in [0.5, 0.6) is 11.5 Å². The van der Waals surface area contributed by atoms with Gasteiger partial charge in [-0.05, 0) is 36.1 Å². The van der Waals surface area contributed by atoms with E-state index >= 15 is 0 Å². The van der Waals surface area contributed by atoms with Gasteiger partial charge in [0.1, 0.15) is 17.2 Å². The summed E-state index contributed by atoms with van der Waals surface area (Å²) in [5.74, 6) is 1.05. The third-order valence-corrected chi connectivity index (χ3v) is 6.90. The summed E-state index contributed by atoms with van der Waals surface area (Å²) in [5, 5.41) is 7.99. The molecule has 0 saturated heterocycles. The molecule has 1 heterocycles. The Labute approximate surface area is 183 Å². The average Bonchev–Trinajstić information content (AvgIpc) is 3.14. The van der Waals surface area contributed by atoms with Crippen molar-refractivity contribution < 1.29 is 17.9 Å². The largest absolute Gasteiger partial charge is 0.496 e. The number of hydrogen-bond donors (Lipinski definition) is 0. The van der Waals surface area contributed by atoms with E-state index in [1.54, 1.807) is 44.4 Å². The van der Waals surface area contributed by atoms with Gasteiger partial charge in [0.25, 0.3) is 0 Å². The molecule has 31 heavy (non-hydrogen) atoms. The van der Waals surface area contributed by atoms with Gasteiger partial charge < -0.3 is 9.47 Å². The van der Waals surface area contributed by atoms with Gasteiger partial charge in [0, 0.05) is 11.6 Å². The molecule has 0 fully saturated rings. The molecule has 3 rings (SSSR count). The minimum atomic E-state index is -3.85. The Bertz CT molecular complexity index is 1220. The molecule has 1 aromatic heterocycles. The van der Waals surface area contributed by atoms with Crippen LogP contribution in [0, 0.1) is 6.92 Å². The van der Waals surface area contributed by atoms with Crippen molar-refractivity contribution in [3.8, 4) is 17.2 Å². The summed E-state index contributed by atoms with van der Waals surface area (Å²) in [7, 11) is -0.778. The number of ether oxygens (including phenoxy) is 2. The van der Waals surface area contributed by atoms with Crippen molar-refractivity contribution in [1.82, 2.24) is 15.0 Å². The van der Waals surface area contributed by atoms with Crippen molar-refractivity contribution in [2.45, 2.75) is 43.0 Å². The summed E-state index contributed by atoms with van der Waals surface area (Å²) in [5.41, 5.74) is 2.60. The van der Waals surface area contributed by atoms with Gasteiger partial charge >= 0.3 is 0 Å². The van der Waals surface area contributed by atoms with Crippen LogP contribution < -0.4 is 9.47 Å². The highest BCUT2D eigenvalue weighted by Crippen LogP contribution is 2.34. The van der Waals surface area contributed by atoms with Crippen molar-refractivity contribution in [2.24, 2.45) is 0 Å². The molecule has 0 N–H and O–H groups in total. The summed E-state index contributed by atoms with van der Waals surface area (Å²) in [4.78, 5) is 0.169. The van der Waals surface area contributed by atoms with Gasteiger partial charge in [-0.25, -0.2) is 13.1 Å². The van der Waals surface area contributed by atoms with Gasteiger partial charge in [0.15, 0.2) is 0 Å². The van der Waals surface area contributed by atoms with E-state index in [1.807, 2.05) is 12.1 Å². The van der Waals surface area contributed by atoms with E-state index in [9.17, 15) is 8.42 Å². The molecule has 2 aromatic carbocycles. The Morgan fingerprint density at radius 3 is 2.16 bits per heavy atom. The van der Waals surface area contributed by atoms with Crippen molar-refractivity contribution in [3.05, 3.63) is 59.8 Å². The molecule has 3 aromatic rings. The van der Waals surface area contributed by atoms with E-state index in [2.05, 4.69) is 37.7 Å².